The SMILES string of the molecule is CCNc1cc(C(=O)NC2CCCN(C)C2)cc(Cl)n1. The van der Waals surface area contributed by atoms with Crippen molar-refractivity contribution in [3.05, 3.63) is 22.8 Å². The summed E-state index contributed by atoms with van der Waals surface area (Å²) < 4.78 is 0. The highest BCUT2D eigenvalue weighted by Crippen LogP contribution is 2.15. The van der Waals surface area contributed by atoms with E-state index in [4.69, 9.17) is 11.6 Å². The van der Waals surface area contributed by atoms with E-state index in [1.165, 1.54) is 0 Å². The van der Waals surface area contributed by atoms with Crippen LogP contribution in [0.15, 0.2) is 12.1 Å². The molecular formula is C14H21ClN4O. The van der Waals surface area contributed by atoms with E-state index in [2.05, 4.69) is 27.6 Å². The fraction of sp³-hybridized carbons (Fsp3) is 0.571. The van der Waals surface area contributed by atoms with Crippen molar-refractivity contribution in [3.63, 3.8) is 0 Å². The Morgan fingerprint density at radius 2 is 2.35 bits per heavy atom. The van der Waals surface area contributed by atoms with Crippen LogP contribution >= 0.6 is 11.6 Å². The molecule has 5 nitrogen and oxygen atoms in total. The fourth-order valence-electron chi connectivity index (χ4n) is 2.45. The summed E-state index contributed by atoms with van der Waals surface area (Å²) in [6, 6.07) is 3.54. The van der Waals surface area contributed by atoms with E-state index in [0.29, 0.717) is 16.5 Å². The van der Waals surface area contributed by atoms with Crippen molar-refractivity contribution >= 4 is 23.3 Å². The van der Waals surface area contributed by atoms with Crippen molar-refractivity contribution in [2.24, 2.45) is 0 Å². The Balaban J connectivity index is 2.04. The molecule has 1 aliphatic rings. The number of hydrogen-bond acceptors (Lipinski definition) is 4. The molecule has 1 fully saturated rings. The summed E-state index contributed by atoms with van der Waals surface area (Å²) in [5.41, 5.74) is 0.550. The number of halogens is 1. The van der Waals surface area contributed by atoms with Crippen LogP contribution in [0.1, 0.15) is 30.1 Å². The first-order valence-corrected chi connectivity index (χ1v) is 7.37. The van der Waals surface area contributed by atoms with Crippen LogP contribution < -0.4 is 10.6 Å². The van der Waals surface area contributed by atoms with Gasteiger partial charge in [0.15, 0.2) is 0 Å². The average Bonchev–Trinajstić information content (AvgIpc) is 2.38. The van der Waals surface area contributed by atoms with Crippen molar-refractivity contribution in [2.45, 2.75) is 25.8 Å². The zero-order chi connectivity index (χ0) is 14.5. The highest BCUT2D eigenvalue weighted by atomic mass is 35.5. The first kappa shape index (κ1) is 15.1. The van der Waals surface area contributed by atoms with Gasteiger partial charge in [0.25, 0.3) is 5.91 Å². The zero-order valence-electron chi connectivity index (χ0n) is 11.9. The Kier molecular flexibility index (Phi) is 5.20. The van der Waals surface area contributed by atoms with Crippen LogP contribution in [-0.4, -0.2) is 48.5 Å². The van der Waals surface area contributed by atoms with E-state index >= 15 is 0 Å². The van der Waals surface area contributed by atoms with Crippen LogP contribution in [0.25, 0.3) is 0 Å². The van der Waals surface area contributed by atoms with Crippen molar-refractivity contribution in [1.29, 1.82) is 0 Å². The summed E-state index contributed by atoms with van der Waals surface area (Å²) >= 11 is 5.96. The van der Waals surface area contributed by atoms with Crippen LogP contribution in [0.5, 0.6) is 0 Å². The second-order valence-corrected chi connectivity index (χ2v) is 5.56. The van der Waals surface area contributed by atoms with Crippen molar-refractivity contribution < 1.29 is 4.79 Å². The van der Waals surface area contributed by atoms with Crippen molar-refractivity contribution in [3.8, 4) is 0 Å². The lowest BCUT2D eigenvalue weighted by atomic mass is 10.1. The number of anilines is 1. The first-order chi connectivity index (χ1) is 9.58. The summed E-state index contributed by atoms with van der Waals surface area (Å²) in [4.78, 5) is 18.6. The van der Waals surface area contributed by atoms with Crippen LogP contribution in [0.3, 0.4) is 0 Å². The van der Waals surface area contributed by atoms with E-state index < -0.39 is 0 Å². The largest absolute Gasteiger partial charge is 0.370 e. The molecule has 6 heteroatoms. The average molecular weight is 297 g/mol. The maximum atomic E-state index is 12.3. The second-order valence-electron chi connectivity index (χ2n) is 5.17. The molecule has 1 unspecified atom stereocenters. The van der Waals surface area contributed by atoms with E-state index in [0.717, 1.165) is 32.5 Å². The van der Waals surface area contributed by atoms with Crippen LogP contribution in [0.4, 0.5) is 5.82 Å². The summed E-state index contributed by atoms with van der Waals surface area (Å²) in [6.07, 6.45) is 2.14. The molecule has 0 aromatic carbocycles. The minimum atomic E-state index is -0.0891. The summed E-state index contributed by atoms with van der Waals surface area (Å²) in [7, 11) is 2.07. The molecule has 0 saturated carbocycles. The number of nitrogens with one attached hydrogen (secondary N) is 2. The Labute approximate surface area is 124 Å². The first-order valence-electron chi connectivity index (χ1n) is 6.99. The lowest BCUT2D eigenvalue weighted by Crippen LogP contribution is -2.46. The maximum Gasteiger partial charge on any atom is 0.251 e. The molecule has 1 aromatic heterocycles. The quantitative estimate of drug-likeness (QED) is 0.834. The molecule has 2 heterocycles. The molecule has 1 aliphatic heterocycles. The Hall–Kier alpha value is -1.33. The predicted molar refractivity (Wildman–Crippen MR) is 81.4 cm³/mol. The van der Waals surface area contributed by atoms with E-state index in [9.17, 15) is 4.79 Å². The third kappa shape index (κ3) is 4.08. The molecule has 1 saturated heterocycles. The minimum Gasteiger partial charge on any atom is -0.370 e. The van der Waals surface area contributed by atoms with Gasteiger partial charge >= 0.3 is 0 Å². The number of pyridine rings is 1. The van der Waals surface area contributed by atoms with E-state index in [-0.39, 0.29) is 11.9 Å². The number of likely N-dealkylation sites (tertiary alicyclic amines) is 1. The van der Waals surface area contributed by atoms with Gasteiger partial charge in [0.2, 0.25) is 0 Å². The topological polar surface area (TPSA) is 57.3 Å². The number of rotatable bonds is 4. The normalized spacial score (nSPS) is 19.6. The molecule has 0 spiro atoms. The van der Waals surface area contributed by atoms with E-state index in [1.54, 1.807) is 12.1 Å². The molecule has 2 rings (SSSR count). The third-order valence-electron chi connectivity index (χ3n) is 3.37. The van der Waals surface area contributed by atoms with Crippen molar-refractivity contribution in [1.82, 2.24) is 15.2 Å². The summed E-state index contributed by atoms with van der Waals surface area (Å²) in [5.74, 6) is 0.541. The monoisotopic (exact) mass is 296 g/mol. The zero-order valence-corrected chi connectivity index (χ0v) is 12.7. The van der Waals surface area contributed by atoms with Crippen molar-refractivity contribution in [2.75, 3.05) is 32.0 Å². The number of carbonyl (C=O) groups excluding carboxylic acids is 1. The van der Waals surface area contributed by atoms with E-state index in [1.807, 2.05) is 6.92 Å². The molecule has 1 aromatic rings. The van der Waals surface area contributed by atoms with Gasteiger partial charge in [-0.15, -0.1) is 0 Å². The van der Waals surface area contributed by atoms with Crippen LogP contribution in [-0.2, 0) is 0 Å². The van der Waals surface area contributed by atoms with Gasteiger partial charge in [0.05, 0.1) is 0 Å². The van der Waals surface area contributed by atoms with Gasteiger partial charge in [-0.05, 0) is 45.5 Å². The highest BCUT2D eigenvalue weighted by molar-refractivity contribution is 6.29. The number of aromatic nitrogens is 1. The van der Waals surface area contributed by atoms with Gasteiger partial charge in [-0.2, -0.15) is 0 Å². The van der Waals surface area contributed by atoms with Gasteiger partial charge in [-0.3, -0.25) is 4.79 Å². The Bertz CT molecular complexity index is 480. The van der Waals surface area contributed by atoms with Gasteiger partial charge in [-0.25, -0.2) is 4.98 Å². The Morgan fingerprint density at radius 3 is 3.05 bits per heavy atom. The Morgan fingerprint density at radius 1 is 1.55 bits per heavy atom. The summed E-state index contributed by atoms with van der Waals surface area (Å²) in [5, 5.41) is 6.47. The van der Waals surface area contributed by atoms with Crippen LogP contribution in [0, 0.1) is 0 Å². The minimum absolute atomic E-state index is 0.0891. The molecule has 2 N–H and O–H groups in total. The number of carbonyl (C=O) groups is 1. The molecular weight excluding hydrogens is 276 g/mol. The lowest BCUT2D eigenvalue weighted by Gasteiger charge is -2.30. The third-order valence-corrected chi connectivity index (χ3v) is 3.57. The number of likely N-dealkylation sites (N-methyl/N-ethyl adjacent to an activating group) is 1. The smallest absolute Gasteiger partial charge is 0.251 e. The maximum absolute atomic E-state index is 12.3. The number of nitrogens with zero attached hydrogens (tertiary/aromatic N) is 2. The standard InChI is InChI=1S/C14H21ClN4O/c1-3-16-13-8-10(7-12(15)18-13)14(20)17-11-5-4-6-19(2)9-11/h7-8,11H,3-6,9H2,1-2H3,(H,16,18)(H,17,20). The van der Waals surface area contributed by atoms with Gasteiger partial charge in [0, 0.05) is 24.7 Å². The van der Waals surface area contributed by atoms with Gasteiger partial charge in [0.1, 0.15) is 11.0 Å². The number of amides is 1. The number of hydrogen-bond donors (Lipinski definition) is 2. The summed E-state index contributed by atoms with van der Waals surface area (Å²) in [6.45, 7) is 4.70. The molecule has 1 atom stereocenters. The highest BCUT2D eigenvalue weighted by Gasteiger charge is 2.20. The molecule has 1 amide bonds. The lowest BCUT2D eigenvalue weighted by molar-refractivity contribution is 0.0912. The van der Waals surface area contributed by atoms with Crippen LogP contribution in [0.2, 0.25) is 5.15 Å². The number of piperidine rings is 1. The molecule has 0 bridgehead atoms. The molecule has 0 radical (unpaired) electrons. The molecule has 0 aliphatic carbocycles. The van der Waals surface area contributed by atoms with Gasteiger partial charge in [-0.1, -0.05) is 11.6 Å². The second kappa shape index (κ2) is 6.90. The molecule has 20 heavy (non-hydrogen) atoms. The predicted octanol–water partition coefficient (Wildman–Crippen LogP) is 1.99. The fourth-order valence-corrected chi connectivity index (χ4v) is 2.66. The molecule has 110 valence electrons. The van der Waals surface area contributed by atoms with Gasteiger partial charge < -0.3 is 15.5 Å².